The van der Waals surface area contributed by atoms with Crippen molar-refractivity contribution in [2.24, 2.45) is 0 Å². The Balaban J connectivity index is 1.82. The predicted octanol–water partition coefficient (Wildman–Crippen LogP) is 2.93. The highest BCUT2D eigenvalue weighted by molar-refractivity contribution is 5.94. The number of carbonyl (C=O) groups excluding carboxylic acids is 1. The summed E-state index contributed by atoms with van der Waals surface area (Å²) in [6, 6.07) is 11.9. The first-order valence-corrected chi connectivity index (χ1v) is 7.52. The smallest absolute Gasteiger partial charge is 0.254 e. The number of amides is 1. The van der Waals surface area contributed by atoms with E-state index in [0.29, 0.717) is 36.6 Å². The highest BCUT2D eigenvalue weighted by Crippen LogP contribution is 2.25. The van der Waals surface area contributed by atoms with Crippen LogP contribution in [0.4, 0.5) is 10.1 Å². The van der Waals surface area contributed by atoms with Gasteiger partial charge in [0.15, 0.2) is 0 Å². The lowest BCUT2D eigenvalue weighted by Gasteiger charge is -2.20. The van der Waals surface area contributed by atoms with E-state index in [4.69, 9.17) is 4.74 Å². The van der Waals surface area contributed by atoms with Gasteiger partial charge in [-0.05, 0) is 42.5 Å². The minimum atomic E-state index is -0.322. The lowest BCUT2D eigenvalue weighted by molar-refractivity contribution is 0.0733. The van der Waals surface area contributed by atoms with Crippen LogP contribution in [0.25, 0.3) is 0 Å². The Bertz CT molecular complexity index is 713. The van der Waals surface area contributed by atoms with Gasteiger partial charge in [-0.25, -0.2) is 4.39 Å². The van der Waals surface area contributed by atoms with Gasteiger partial charge in [-0.15, -0.1) is 0 Å². The maximum Gasteiger partial charge on any atom is 0.254 e. The van der Waals surface area contributed by atoms with Crippen LogP contribution in [0.3, 0.4) is 0 Å². The number of nitrogens with zero attached hydrogens (tertiary/aromatic N) is 2. The first-order chi connectivity index (χ1) is 11.0. The standard InChI is InChI=1S/C18H19FN2O2/c1-20(2)16-6-3-13(4-7-16)18(22)21-9-10-23-17-8-5-15(19)11-14(17)12-21/h3-8,11H,9-10,12H2,1-2H3. The van der Waals surface area contributed by atoms with Crippen LogP contribution < -0.4 is 9.64 Å². The number of rotatable bonds is 2. The average molecular weight is 314 g/mol. The molecule has 1 aliphatic heterocycles. The summed E-state index contributed by atoms with van der Waals surface area (Å²) in [5, 5.41) is 0. The number of anilines is 1. The maximum absolute atomic E-state index is 13.4. The fourth-order valence-corrected chi connectivity index (χ4v) is 2.62. The summed E-state index contributed by atoms with van der Waals surface area (Å²) in [4.78, 5) is 16.4. The lowest BCUT2D eigenvalue weighted by atomic mass is 10.1. The molecule has 0 aromatic heterocycles. The van der Waals surface area contributed by atoms with Crippen molar-refractivity contribution in [2.45, 2.75) is 6.54 Å². The van der Waals surface area contributed by atoms with E-state index in [9.17, 15) is 9.18 Å². The fourth-order valence-electron chi connectivity index (χ4n) is 2.62. The highest BCUT2D eigenvalue weighted by atomic mass is 19.1. The van der Waals surface area contributed by atoms with Crippen LogP contribution in [-0.2, 0) is 6.54 Å². The molecular formula is C18H19FN2O2. The summed E-state index contributed by atoms with van der Waals surface area (Å²) < 4.78 is 19.0. The van der Waals surface area contributed by atoms with Crippen LogP contribution in [0.2, 0.25) is 0 Å². The van der Waals surface area contributed by atoms with Crippen LogP contribution in [0.5, 0.6) is 5.75 Å². The number of fused-ring (bicyclic) bond motifs is 1. The first kappa shape index (κ1) is 15.3. The van der Waals surface area contributed by atoms with Crippen molar-refractivity contribution in [3.8, 4) is 5.75 Å². The van der Waals surface area contributed by atoms with E-state index < -0.39 is 0 Å². The highest BCUT2D eigenvalue weighted by Gasteiger charge is 2.21. The van der Waals surface area contributed by atoms with Crippen molar-refractivity contribution < 1.29 is 13.9 Å². The maximum atomic E-state index is 13.4. The largest absolute Gasteiger partial charge is 0.491 e. The van der Waals surface area contributed by atoms with Crippen LogP contribution in [-0.4, -0.2) is 38.1 Å². The van der Waals surface area contributed by atoms with Crippen molar-refractivity contribution in [1.29, 1.82) is 0 Å². The van der Waals surface area contributed by atoms with E-state index in [0.717, 1.165) is 5.69 Å². The Hall–Kier alpha value is -2.56. The van der Waals surface area contributed by atoms with E-state index in [1.54, 1.807) is 11.0 Å². The zero-order valence-electron chi connectivity index (χ0n) is 13.3. The van der Waals surface area contributed by atoms with Gasteiger partial charge in [-0.3, -0.25) is 4.79 Å². The van der Waals surface area contributed by atoms with Gasteiger partial charge in [0.25, 0.3) is 5.91 Å². The van der Waals surface area contributed by atoms with Crippen molar-refractivity contribution in [3.63, 3.8) is 0 Å². The third kappa shape index (κ3) is 3.28. The van der Waals surface area contributed by atoms with E-state index in [2.05, 4.69) is 0 Å². The SMILES string of the molecule is CN(C)c1ccc(C(=O)N2CCOc3ccc(F)cc3C2)cc1. The molecule has 0 unspecified atom stereocenters. The predicted molar refractivity (Wildman–Crippen MR) is 87.4 cm³/mol. The molecule has 0 N–H and O–H groups in total. The monoisotopic (exact) mass is 314 g/mol. The molecule has 23 heavy (non-hydrogen) atoms. The second-order valence-electron chi connectivity index (χ2n) is 5.77. The molecule has 3 rings (SSSR count). The van der Waals surface area contributed by atoms with Gasteiger partial charge in [0.05, 0.1) is 6.54 Å². The molecule has 0 saturated heterocycles. The second kappa shape index (κ2) is 6.28. The van der Waals surface area contributed by atoms with Crippen LogP contribution in [0.15, 0.2) is 42.5 Å². The summed E-state index contributed by atoms with van der Waals surface area (Å²) in [6.07, 6.45) is 0. The molecule has 120 valence electrons. The fraction of sp³-hybridized carbons (Fsp3) is 0.278. The molecule has 0 spiro atoms. The third-order valence-corrected chi connectivity index (χ3v) is 3.92. The summed E-state index contributed by atoms with van der Waals surface area (Å²) in [6.45, 7) is 1.23. The summed E-state index contributed by atoms with van der Waals surface area (Å²) in [7, 11) is 3.91. The first-order valence-electron chi connectivity index (χ1n) is 7.52. The Kier molecular flexibility index (Phi) is 4.19. The number of hydrogen-bond acceptors (Lipinski definition) is 3. The van der Waals surface area contributed by atoms with Gasteiger partial charge >= 0.3 is 0 Å². The van der Waals surface area contributed by atoms with Crippen molar-refractivity contribution in [1.82, 2.24) is 4.90 Å². The molecule has 0 atom stereocenters. The molecule has 0 fully saturated rings. The normalized spacial score (nSPS) is 13.8. The van der Waals surface area contributed by atoms with Gasteiger partial charge in [0.2, 0.25) is 0 Å². The molecule has 5 heteroatoms. The average Bonchev–Trinajstić information content (AvgIpc) is 2.76. The third-order valence-electron chi connectivity index (χ3n) is 3.92. The van der Waals surface area contributed by atoms with E-state index in [1.807, 2.05) is 43.3 Å². The van der Waals surface area contributed by atoms with Gasteiger partial charge in [-0.1, -0.05) is 0 Å². The van der Waals surface area contributed by atoms with Gasteiger partial charge < -0.3 is 14.5 Å². The zero-order chi connectivity index (χ0) is 16.4. The minimum Gasteiger partial charge on any atom is -0.491 e. The molecular weight excluding hydrogens is 295 g/mol. The Morgan fingerprint density at radius 3 is 2.61 bits per heavy atom. The molecule has 0 saturated carbocycles. The van der Waals surface area contributed by atoms with Gasteiger partial charge in [0, 0.05) is 37.5 Å². The van der Waals surface area contributed by atoms with E-state index in [-0.39, 0.29) is 11.7 Å². The molecule has 0 aliphatic carbocycles. The molecule has 4 nitrogen and oxygen atoms in total. The van der Waals surface area contributed by atoms with E-state index >= 15 is 0 Å². The molecule has 2 aromatic carbocycles. The molecule has 1 aliphatic rings. The minimum absolute atomic E-state index is 0.0731. The number of benzene rings is 2. The second-order valence-corrected chi connectivity index (χ2v) is 5.77. The molecule has 0 radical (unpaired) electrons. The van der Waals surface area contributed by atoms with Crippen molar-refractivity contribution >= 4 is 11.6 Å². The number of hydrogen-bond donors (Lipinski definition) is 0. The summed E-state index contributed by atoms with van der Waals surface area (Å²) in [5.74, 6) is 0.248. The molecule has 2 aromatic rings. The van der Waals surface area contributed by atoms with Crippen LogP contribution >= 0.6 is 0 Å². The quantitative estimate of drug-likeness (QED) is 0.854. The topological polar surface area (TPSA) is 32.8 Å². The Morgan fingerprint density at radius 1 is 1.17 bits per heavy atom. The van der Waals surface area contributed by atoms with E-state index in [1.165, 1.54) is 12.1 Å². The number of ether oxygens (including phenoxy) is 1. The van der Waals surface area contributed by atoms with Gasteiger partial charge in [-0.2, -0.15) is 0 Å². The van der Waals surface area contributed by atoms with Crippen LogP contribution in [0.1, 0.15) is 15.9 Å². The Morgan fingerprint density at radius 2 is 1.91 bits per heavy atom. The Labute approximate surface area is 135 Å². The molecule has 1 amide bonds. The zero-order valence-corrected chi connectivity index (χ0v) is 13.3. The van der Waals surface area contributed by atoms with Gasteiger partial charge in [0.1, 0.15) is 18.2 Å². The molecule has 1 heterocycles. The molecule has 0 bridgehead atoms. The summed E-state index contributed by atoms with van der Waals surface area (Å²) in [5.41, 5.74) is 2.35. The van der Waals surface area contributed by atoms with Crippen LogP contribution in [0, 0.1) is 5.82 Å². The lowest BCUT2D eigenvalue weighted by Crippen LogP contribution is -2.32. The number of halogens is 1. The number of carbonyl (C=O) groups is 1. The van der Waals surface area contributed by atoms with Crippen molar-refractivity contribution in [3.05, 3.63) is 59.4 Å². The van der Waals surface area contributed by atoms with Crippen molar-refractivity contribution in [2.75, 3.05) is 32.1 Å². The summed E-state index contributed by atoms with van der Waals surface area (Å²) >= 11 is 0.